The van der Waals surface area contributed by atoms with Crippen molar-refractivity contribution in [2.45, 2.75) is 12.4 Å². The fourth-order valence-corrected chi connectivity index (χ4v) is 2.32. The highest BCUT2D eigenvalue weighted by Gasteiger charge is 2.46. The summed E-state index contributed by atoms with van der Waals surface area (Å²) in [6.45, 7) is 1.26. The Morgan fingerprint density at radius 1 is 1.22 bits per heavy atom. The van der Waals surface area contributed by atoms with Gasteiger partial charge in [0.2, 0.25) is 5.91 Å². The number of aromatic amines is 1. The third-order valence-corrected chi connectivity index (χ3v) is 3.81. The summed E-state index contributed by atoms with van der Waals surface area (Å²) in [5.74, 6) is -0.369. The number of rotatable bonds is 3. The van der Waals surface area contributed by atoms with E-state index in [2.05, 4.69) is 10.3 Å². The van der Waals surface area contributed by atoms with Crippen LogP contribution >= 0.6 is 0 Å². The predicted molar refractivity (Wildman–Crippen MR) is 77.5 cm³/mol. The van der Waals surface area contributed by atoms with Crippen LogP contribution in [0.15, 0.2) is 29.1 Å². The molecule has 0 aliphatic rings. The number of hydrogen-bond donors (Lipinski definition) is 3. The zero-order valence-electron chi connectivity index (χ0n) is 11.5. The monoisotopic (exact) mass is 349 g/mol. The number of sulfonamides is 1. The van der Waals surface area contributed by atoms with Gasteiger partial charge in [0.05, 0.1) is 0 Å². The number of benzene rings is 1. The number of amides is 1. The van der Waals surface area contributed by atoms with Crippen molar-refractivity contribution in [3.05, 3.63) is 34.6 Å². The number of pyridine rings is 1. The van der Waals surface area contributed by atoms with Crippen molar-refractivity contribution in [2.24, 2.45) is 0 Å². The third-order valence-electron chi connectivity index (χ3n) is 2.71. The van der Waals surface area contributed by atoms with Gasteiger partial charge in [0.15, 0.2) is 0 Å². The zero-order valence-corrected chi connectivity index (χ0v) is 12.3. The van der Waals surface area contributed by atoms with Crippen molar-refractivity contribution < 1.29 is 26.4 Å². The van der Waals surface area contributed by atoms with Crippen LogP contribution in [0.3, 0.4) is 0 Å². The standard InChI is InChI=1S/C12H10F3N3O4S/c1-6(19)16-8-2-3-9-7(4-8)5-10(11(20)17-9)18-23(21,22)12(13,14)15/h2-5,18H,1H3,(H,16,19)(H,17,20). The van der Waals surface area contributed by atoms with E-state index in [9.17, 15) is 31.2 Å². The average molecular weight is 349 g/mol. The number of hydrogen-bond acceptors (Lipinski definition) is 4. The molecule has 0 atom stereocenters. The van der Waals surface area contributed by atoms with Crippen molar-refractivity contribution in [3.8, 4) is 0 Å². The van der Waals surface area contributed by atoms with Gasteiger partial charge in [0, 0.05) is 23.5 Å². The fraction of sp³-hybridized carbons (Fsp3) is 0.167. The van der Waals surface area contributed by atoms with Crippen molar-refractivity contribution in [1.82, 2.24) is 4.98 Å². The van der Waals surface area contributed by atoms with Gasteiger partial charge < -0.3 is 10.3 Å². The molecule has 0 unspecified atom stereocenters. The smallest absolute Gasteiger partial charge is 0.326 e. The minimum atomic E-state index is -5.71. The second-order valence-electron chi connectivity index (χ2n) is 4.55. The Labute approximate surface area is 127 Å². The summed E-state index contributed by atoms with van der Waals surface area (Å²) in [6.07, 6.45) is 0. The summed E-state index contributed by atoms with van der Waals surface area (Å²) in [4.78, 5) is 24.9. The second-order valence-corrected chi connectivity index (χ2v) is 6.22. The first-order chi connectivity index (χ1) is 10.5. The Bertz CT molecular complexity index is 935. The molecule has 1 aromatic carbocycles. The lowest BCUT2D eigenvalue weighted by Gasteiger charge is -2.11. The SMILES string of the molecule is CC(=O)Nc1ccc2[nH]c(=O)c(NS(=O)(=O)C(F)(F)F)cc2c1. The predicted octanol–water partition coefficient (Wildman–Crippen LogP) is 1.75. The molecule has 1 amide bonds. The number of carbonyl (C=O) groups excluding carboxylic acids is 1. The maximum absolute atomic E-state index is 12.4. The number of nitrogens with one attached hydrogen (secondary N) is 3. The van der Waals surface area contributed by atoms with E-state index in [4.69, 9.17) is 0 Å². The largest absolute Gasteiger partial charge is 0.516 e. The fourth-order valence-electron chi connectivity index (χ4n) is 1.77. The van der Waals surface area contributed by atoms with Gasteiger partial charge in [-0.1, -0.05) is 0 Å². The van der Waals surface area contributed by atoms with Crippen LogP contribution in [0.2, 0.25) is 0 Å². The van der Waals surface area contributed by atoms with Gasteiger partial charge in [0.1, 0.15) is 5.69 Å². The highest BCUT2D eigenvalue weighted by atomic mass is 32.2. The van der Waals surface area contributed by atoms with Gasteiger partial charge in [-0.25, -0.2) is 0 Å². The molecule has 124 valence electrons. The Hall–Kier alpha value is -2.56. The van der Waals surface area contributed by atoms with Crippen molar-refractivity contribution >= 4 is 38.2 Å². The van der Waals surface area contributed by atoms with Crippen LogP contribution < -0.4 is 15.6 Å². The maximum atomic E-state index is 12.4. The lowest BCUT2D eigenvalue weighted by molar-refractivity contribution is -0.114. The molecule has 0 radical (unpaired) electrons. The number of aromatic nitrogens is 1. The third kappa shape index (κ3) is 3.62. The lowest BCUT2D eigenvalue weighted by atomic mass is 10.2. The first-order valence-electron chi connectivity index (χ1n) is 6.03. The minimum Gasteiger partial charge on any atom is -0.326 e. The Kier molecular flexibility index (Phi) is 4.07. The van der Waals surface area contributed by atoms with Crippen LogP contribution in [0.1, 0.15) is 6.92 Å². The molecule has 1 aromatic heterocycles. The van der Waals surface area contributed by atoms with E-state index < -0.39 is 26.8 Å². The molecular weight excluding hydrogens is 339 g/mol. The van der Waals surface area contributed by atoms with E-state index in [0.29, 0.717) is 5.69 Å². The van der Waals surface area contributed by atoms with Crippen LogP contribution in [-0.2, 0) is 14.8 Å². The van der Waals surface area contributed by atoms with Crippen molar-refractivity contribution in [1.29, 1.82) is 0 Å². The minimum absolute atomic E-state index is 0.232. The molecule has 1 heterocycles. The van der Waals surface area contributed by atoms with Crippen LogP contribution in [0.4, 0.5) is 24.5 Å². The van der Waals surface area contributed by atoms with Gasteiger partial charge >= 0.3 is 15.5 Å². The topological polar surface area (TPSA) is 108 Å². The number of halogens is 3. The number of carbonyl (C=O) groups is 1. The van der Waals surface area contributed by atoms with E-state index in [0.717, 1.165) is 6.07 Å². The summed E-state index contributed by atoms with van der Waals surface area (Å²) in [5.41, 5.74) is -6.76. The molecule has 3 N–H and O–H groups in total. The number of anilines is 2. The Morgan fingerprint density at radius 3 is 2.43 bits per heavy atom. The van der Waals surface area contributed by atoms with E-state index in [1.165, 1.54) is 29.8 Å². The Balaban J connectivity index is 2.51. The number of fused-ring (bicyclic) bond motifs is 1. The summed E-state index contributed by atoms with van der Waals surface area (Å²) in [5, 5.41) is 2.69. The Morgan fingerprint density at radius 2 is 1.87 bits per heavy atom. The molecule has 0 aliphatic carbocycles. The summed E-state index contributed by atoms with van der Waals surface area (Å²) >= 11 is 0. The molecule has 23 heavy (non-hydrogen) atoms. The van der Waals surface area contributed by atoms with Gasteiger partial charge in [-0.3, -0.25) is 14.3 Å². The molecule has 11 heteroatoms. The summed E-state index contributed by atoms with van der Waals surface area (Å²) in [7, 11) is -5.71. The highest BCUT2D eigenvalue weighted by molar-refractivity contribution is 7.93. The van der Waals surface area contributed by atoms with E-state index in [-0.39, 0.29) is 16.8 Å². The molecule has 0 bridgehead atoms. The molecular formula is C12H10F3N3O4S. The highest BCUT2D eigenvalue weighted by Crippen LogP contribution is 2.25. The number of alkyl halides is 3. The zero-order chi connectivity index (χ0) is 17.4. The van der Waals surface area contributed by atoms with E-state index in [1.54, 1.807) is 0 Å². The van der Waals surface area contributed by atoms with Crippen molar-refractivity contribution in [3.63, 3.8) is 0 Å². The molecule has 2 aromatic rings. The molecule has 0 saturated heterocycles. The molecule has 7 nitrogen and oxygen atoms in total. The summed E-state index contributed by atoms with van der Waals surface area (Å²) < 4.78 is 60.4. The van der Waals surface area contributed by atoms with Gasteiger partial charge in [-0.2, -0.15) is 21.6 Å². The summed E-state index contributed by atoms with van der Waals surface area (Å²) in [6, 6.07) is 5.21. The first kappa shape index (κ1) is 16.8. The van der Waals surface area contributed by atoms with Gasteiger partial charge in [0.25, 0.3) is 5.56 Å². The quantitative estimate of drug-likeness (QED) is 0.784. The molecule has 0 saturated carbocycles. The molecule has 0 fully saturated rings. The van der Waals surface area contributed by atoms with Crippen LogP contribution in [-0.4, -0.2) is 24.8 Å². The van der Waals surface area contributed by atoms with Crippen LogP contribution in [0, 0.1) is 0 Å². The maximum Gasteiger partial charge on any atom is 0.516 e. The van der Waals surface area contributed by atoms with Crippen LogP contribution in [0.25, 0.3) is 10.9 Å². The molecule has 2 rings (SSSR count). The van der Waals surface area contributed by atoms with E-state index in [1.807, 2.05) is 0 Å². The van der Waals surface area contributed by atoms with Gasteiger partial charge in [-0.05, 0) is 24.3 Å². The second kappa shape index (κ2) is 5.57. The molecule has 0 aliphatic heterocycles. The average Bonchev–Trinajstić information content (AvgIpc) is 2.37. The number of H-pyrrole nitrogens is 1. The van der Waals surface area contributed by atoms with Crippen LogP contribution in [0.5, 0.6) is 0 Å². The normalized spacial score (nSPS) is 12.2. The lowest BCUT2D eigenvalue weighted by Crippen LogP contribution is -2.32. The first-order valence-corrected chi connectivity index (χ1v) is 7.52. The van der Waals surface area contributed by atoms with Gasteiger partial charge in [-0.15, -0.1) is 0 Å². The van der Waals surface area contributed by atoms with E-state index >= 15 is 0 Å². The molecule has 0 spiro atoms. The van der Waals surface area contributed by atoms with Crippen molar-refractivity contribution in [2.75, 3.05) is 10.0 Å².